The molecule has 1 radical (unpaired) electrons. The third-order valence-electron chi connectivity index (χ3n) is 3.32. The van der Waals surface area contributed by atoms with Crippen molar-refractivity contribution in [2.45, 2.75) is 27.7 Å². The SMILES string of the molecule is CC(=N\O)/C(C)=N/O.CC(=N\O)/C(C)=N/O.[CH2-]/C=C/c1ccccc1.[Co].c1ccncc1. The maximum Gasteiger partial charge on any atom is 0.101 e. The van der Waals surface area contributed by atoms with Crippen LogP contribution < -0.4 is 0 Å². The van der Waals surface area contributed by atoms with E-state index in [2.05, 4.69) is 32.5 Å². The van der Waals surface area contributed by atoms with Crippen LogP contribution >= 0.6 is 0 Å². The molecule has 0 aliphatic heterocycles. The van der Waals surface area contributed by atoms with Crippen molar-refractivity contribution in [3.8, 4) is 0 Å². The van der Waals surface area contributed by atoms with Crippen molar-refractivity contribution in [2.75, 3.05) is 0 Å². The zero-order valence-electron chi connectivity index (χ0n) is 18.5. The van der Waals surface area contributed by atoms with Gasteiger partial charge in [0.2, 0.25) is 0 Å². The average molecular weight is 487 g/mol. The number of rotatable bonds is 3. The van der Waals surface area contributed by atoms with Gasteiger partial charge in [-0.25, -0.2) is 19.1 Å². The monoisotopic (exact) mass is 487 g/mol. The largest absolute Gasteiger partial charge is 0.411 e. The van der Waals surface area contributed by atoms with Crippen LogP contribution in [-0.4, -0.2) is 48.7 Å². The van der Waals surface area contributed by atoms with Gasteiger partial charge >= 0.3 is 0 Å². The van der Waals surface area contributed by atoms with Gasteiger partial charge in [-0.05, 0) is 39.8 Å². The number of benzene rings is 1. The van der Waals surface area contributed by atoms with Crippen molar-refractivity contribution in [1.82, 2.24) is 4.98 Å². The molecule has 0 aliphatic carbocycles. The molecule has 177 valence electrons. The third-order valence-corrected chi connectivity index (χ3v) is 3.32. The van der Waals surface area contributed by atoms with Gasteiger partial charge < -0.3 is 20.8 Å². The normalized spacial score (nSPS) is 11.5. The molecule has 2 aromatic rings. The molecular weight excluding hydrogens is 457 g/mol. The van der Waals surface area contributed by atoms with E-state index in [0.29, 0.717) is 22.8 Å². The van der Waals surface area contributed by atoms with Crippen LogP contribution in [0.1, 0.15) is 33.3 Å². The van der Waals surface area contributed by atoms with Gasteiger partial charge in [0.15, 0.2) is 0 Å². The number of hydrogen-bond donors (Lipinski definition) is 4. The molecule has 2 rings (SSSR count). The van der Waals surface area contributed by atoms with Crippen LogP contribution in [0.25, 0.3) is 6.08 Å². The zero-order valence-corrected chi connectivity index (χ0v) is 19.5. The van der Waals surface area contributed by atoms with Gasteiger partial charge in [0.05, 0.1) is 0 Å². The molecule has 0 atom stereocenters. The van der Waals surface area contributed by atoms with E-state index < -0.39 is 0 Å². The average Bonchev–Trinajstić information content (AvgIpc) is 2.85. The van der Waals surface area contributed by atoms with Gasteiger partial charge in [0.25, 0.3) is 0 Å². The molecule has 9 nitrogen and oxygen atoms in total. The fraction of sp³-hybridized carbons (Fsp3) is 0.182. The molecule has 10 heteroatoms. The first-order valence-corrected chi connectivity index (χ1v) is 8.99. The van der Waals surface area contributed by atoms with Crippen LogP contribution in [0.15, 0.2) is 87.6 Å². The van der Waals surface area contributed by atoms with Gasteiger partial charge in [-0.1, -0.05) is 57.0 Å². The molecule has 1 aromatic heterocycles. The molecule has 0 unspecified atom stereocenters. The van der Waals surface area contributed by atoms with Crippen molar-refractivity contribution < 1.29 is 37.6 Å². The topological polar surface area (TPSA) is 143 Å². The molecule has 4 N–H and O–H groups in total. The summed E-state index contributed by atoms with van der Waals surface area (Å²) in [5.74, 6) is 0. The molecule has 0 aliphatic rings. The molecule has 0 bridgehead atoms. The maximum atomic E-state index is 8.03. The number of aromatic nitrogens is 1. The van der Waals surface area contributed by atoms with Crippen LogP contribution in [0.2, 0.25) is 0 Å². The fourth-order valence-corrected chi connectivity index (χ4v) is 1.30. The van der Waals surface area contributed by atoms with Gasteiger partial charge in [-0.3, -0.25) is 4.98 Å². The van der Waals surface area contributed by atoms with Gasteiger partial charge in [0.1, 0.15) is 22.8 Å². The van der Waals surface area contributed by atoms with E-state index in [1.165, 1.54) is 33.3 Å². The minimum atomic E-state index is 0. The minimum absolute atomic E-state index is 0. The summed E-state index contributed by atoms with van der Waals surface area (Å²) < 4.78 is 0. The van der Waals surface area contributed by atoms with E-state index in [1.807, 2.05) is 54.6 Å². The van der Waals surface area contributed by atoms with E-state index in [1.54, 1.807) is 18.5 Å². The van der Waals surface area contributed by atoms with Crippen LogP contribution in [0, 0.1) is 6.92 Å². The van der Waals surface area contributed by atoms with Crippen molar-refractivity contribution in [1.29, 1.82) is 0 Å². The summed E-state index contributed by atoms with van der Waals surface area (Å²) in [6.07, 6.45) is 7.26. The van der Waals surface area contributed by atoms with Crippen LogP contribution in [-0.2, 0) is 16.8 Å². The van der Waals surface area contributed by atoms with Crippen molar-refractivity contribution >= 4 is 28.9 Å². The third kappa shape index (κ3) is 19.7. The molecule has 0 fully saturated rings. The van der Waals surface area contributed by atoms with Gasteiger partial charge in [-0.2, -0.15) is 0 Å². The predicted octanol–water partition coefficient (Wildman–Crippen LogP) is 4.99. The molecule has 1 aromatic carbocycles. The number of allylic oxidation sites excluding steroid dienone is 1. The number of pyridine rings is 1. The Kier molecular flexibility index (Phi) is 24.4. The zero-order chi connectivity index (χ0) is 23.9. The summed E-state index contributed by atoms with van der Waals surface area (Å²) >= 11 is 0. The Labute approximate surface area is 199 Å². The molecule has 0 spiro atoms. The summed E-state index contributed by atoms with van der Waals surface area (Å²) in [7, 11) is 0. The van der Waals surface area contributed by atoms with Crippen molar-refractivity contribution in [2.24, 2.45) is 20.6 Å². The quantitative estimate of drug-likeness (QED) is 0.209. The van der Waals surface area contributed by atoms with E-state index in [9.17, 15) is 0 Å². The Bertz CT molecular complexity index is 749. The summed E-state index contributed by atoms with van der Waals surface area (Å²) in [5.41, 5.74) is 2.45. The molecule has 1 heterocycles. The van der Waals surface area contributed by atoms with Crippen LogP contribution in [0.3, 0.4) is 0 Å². The molecule has 0 amide bonds. The second kappa shape index (κ2) is 23.6. The Morgan fingerprint density at radius 1 is 0.688 bits per heavy atom. The van der Waals surface area contributed by atoms with Gasteiger partial charge in [-0.15, -0.1) is 5.56 Å². The van der Waals surface area contributed by atoms with Gasteiger partial charge in [0, 0.05) is 29.2 Å². The van der Waals surface area contributed by atoms with Crippen LogP contribution in [0.5, 0.6) is 0 Å². The summed E-state index contributed by atoms with van der Waals surface area (Å²) in [6, 6.07) is 15.8. The molecular formula is C22H30CoN5O4-. The maximum absolute atomic E-state index is 8.03. The van der Waals surface area contributed by atoms with E-state index in [0.717, 1.165) is 0 Å². The molecule has 0 saturated carbocycles. The fourth-order valence-electron chi connectivity index (χ4n) is 1.30. The first-order valence-electron chi connectivity index (χ1n) is 8.99. The van der Waals surface area contributed by atoms with Crippen LogP contribution in [0.4, 0.5) is 0 Å². The Morgan fingerprint density at radius 2 is 1.03 bits per heavy atom. The predicted molar refractivity (Wildman–Crippen MR) is 125 cm³/mol. The number of hydrogen-bond acceptors (Lipinski definition) is 9. The first kappa shape index (κ1) is 33.0. The first-order chi connectivity index (χ1) is 14.9. The Morgan fingerprint density at radius 3 is 1.25 bits per heavy atom. The second-order valence-corrected chi connectivity index (χ2v) is 5.58. The minimum Gasteiger partial charge on any atom is -0.411 e. The Balaban J connectivity index is -0.000000350. The van der Waals surface area contributed by atoms with E-state index >= 15 is 0 Å². The van der Waals surface area contributed by atoms with Crippen molar-refractivity contribution in [3.63, 3.8) is 0 Å². The molecule has 32 heavy (non-hydrogen) atoms. The number of nitrogens with zero attached hydrogens (tertiary/aromatic N) is 5. The standard InChI is InChI=1S/C9H9.C5H5N.2C4H8N2O2.Co/c1-2-6-9-7-4-3-5-8-9;1-2-4-6-5-3-1;2*1-3(5-7)4(2)6-8;/h2-8H,1H2;1-5H;2*7-8H,1-2H3;/q-1;;;;/b6-2+;;2*5-3+,6-4+;. The number of oxime groups is 4. The molecule has 0 saturated heterocycles. The summed E-state index contributed by atoms with van der Waals surface area (Å²) in [4.78, 5) is 3.78. The summed E-state index contributed by atoms with van der Waals surface area (Å²) in [5, 5.41) is 43.3. The summed E-state index contributed by atoms with van der Waals surface area (Å²) in [6.45, 7) is 9.75. The second-order valence-electron chi connectivity index (χ2n) is 5.58. The van der Waals surface area contributed by atoms with E-state index in [4.69, 9.17) is 20.8 Å². The van der Waals surface area contributed by atoms with Crippen molar-refractivity contribution in [3.05, 3.63) is 79.5 Å². The van der Waals surface area contributed by atoms with E-state index in [-0.39, 0.29) is 16.8 Å². The Hall–Kier alpha value is -3.63. The smallest absolute Gasteiger partial charge is 0.101 e.